The lowest BCUT2D eigenvalue weighted by atomic mass is 9.97. The summed E-state index contributed by atoms with van der Waals surface area (Å²) < 4.78 is 5.13. The highest BCUT2D eigenvalue weighted by molar-refractivity contribution is 5.88. The van der Waals surface area contributed by atoms with E-state index in [9.17, 15) is 14.4 Å². The van der Waals surface area contributed by atoms with E-state index in [1.54, 1.807) is 16.9 Å². The highest BCUT2D eigenvalue weighted by Crippen LogP contribution is 2.20. The molecule has 27 heavy (non-hydrogen) atoms. The Morgan fingerprint density at radius 3 is 2.41 bits per heavy atom. The largest absolute Gasteiger partial charge is 0.497 e. The molecule has 0 aromatic heterocycles. The van der Waals surface area contributed by atoms with Gasteiger partial charge in [0.25, 0.3) is 0 Å². The van der Waals surface area contributed by atoms with Crippen LogP contribution in [0.25, 0.3) is 0 Å². The lowest BCUT2D eigenvalue weighted by Crippen LogP contribution is -2.50. The van der Waals surface area contributed by atoms with Gasteiger partial charge in [0.05, 0.1) is 13.0 Å². The maximum atomic E-state index is 12.6. The highest BCUT2D eigenvalue weighted by atomic mass is 16.5. The molecule has 0 radical (unpaired) electrons. The fourth-order valence-electron chi connectivity index (χ4n) is 3.55. The van der Waals surface area contributed by atoms with Gasteiger partial charge in [-0.05, 0) is 37.0 Å². The number of likely N-dealkylation sites (tertiary alicyclic amines) is 2. The van der Waals surface area contributed by atoms with Gasteiger partial charge in [0.1, 0.15) is 11.8 Å². The summed E-state index contributed by atoms with van der Waals surface area (Å²) in [4.78, 5) is 39.3. The molecular formula is C19H25N3O5. The number of urea groups is 1. The van der Waals surface area contributed by atoms with Crippen LogP contribution in [0.1, 0.15) is 24.8 Å². The number of aliphatic carboxylic acids is 1. The number of hydrogen-bond donors (Lipinski definition) is 2. The quantitative estimate of drug-likeness (QED) is 0.808. The summed E-state index contributed by atoms with van der Waals surface area (Å²) in [6, 6.07) is 6.75. The molecule has 3 amide bonds. The average Bonchev–Trinajstić information content (AvgIpc) is 3.02. The standard InChI is InChI=1S/C19H25N3O5/c1-27-15-4-2-13(3-5-15)12-22-11-8-16(17(22)23)20-19(26)21-9-6-14(7-10-21)18(24)25/h2-5,14,16H,6-12H2,1H3,(H,20,26)(H,24,25). The minimum absolute atomic E-state index is 0.0837. The van der Waals surface area contributed by atoms with Crippen LogP contribution in [0.5, 0.6) is 5.75 Å². The van der Waals surface area contributed by atoms with E-state index in [0.717, 1.165) is 11.3 Å². The van der Waals surface area contributed by atoms with Gasteiger partial charge in [-0.25, -0.2) is 4.79 Å². The highest BCUT2D eigenvalue weighted by Gasteiger charge is 2.34. The molecule has 1 unspecified atom stereocenters. The SMILES string of the molecule is COc1ccc(CN2CCC(NC(=O)N3CCC(C(=O)O)CC3)C2=O)cc1. The van der Waals surface area contributed by atoms with Crippen molar-refractivity contribution in [2.75, 3.05) is 26.7 Å². The number of nitrogens with one attached hydrogen (secondary N) is 1. The second kappa shape index (κ2) is 8.28. The van der Waals surface area contributed by atoms with E-state index in [1.165, 1.54) is 0 Å². The summed E-state index contributed by atoms with van der Waals surface area (Å²) >= 11 is 0. The monoisotopic (exact) mass is 375 g/mol. The molecule has 146 valence electrons. The zero-order valence-corrected chi connectivity index (χ0v) is 15.4. The number of amides is 3. The summed E-state index contributed by atoms with van der Waals surface area (Å²) in [5, 5.41) is 11.8. The Morgan fingerprint density at radius 2 is 1.81 bits per heavy atom. The molecule has 1 aromatic rings. The third kappa shape index (κ3) is 4.50. The third-order valence-corrected chi connectivity index (χ3v) is 5.26. The summed E-state index contributed by atoms with van der Waals surface area (Å²) in [6.07, 6.45) is 1.47. The normalized spacial score (nSPS) is 20.6. The Balaban J connectivity index is 1.49. The lowest BCUT2D eigenvalue weighted by Gasteiger charge is -2.31. The van der Waals surface area contributed by atoms with Crippen molar-refractivity contribution in [3.05, 3.63) is 29.8 Å². The van der Waals surface area contributed by atoms with E-state index in [4.69, 9.17) is 9.84 Å². The molecule has 3 rings (SSSR count). The van der Waals surface area contributed by atoms with Gasteiger partial charge in [0.2, 0.25) is 5.91 Å². The number of rotatable bonds is 5. The van der Waals surface area contributed by atoms with Crippen LogP contribution in [0.4, 0.5) is 4.79 Å². The number of hydrogen-bond acceptors (Lipinski definition) is 4. The van der Waals surface area contributed by atoms with E-state index in [1.807, 2.05) is 24.3 Å². The molecule has 1 atom stereocenters. The van der Waals surface area contributed by atoms with Gasteiger partial charge in [-0.3, -0.25) is 9.59 Å². The Hall–Kier alpha value is -2.77. The number of carboxylic acid groups (broad SMARTS) is 1. The number of nitrogens with zero attached hydrogens (tertiary/aromatic N) is 2. The van der Waals surface area contributed by atoms with Gasteiger partial charge in [0, 0.05) is 26.2 Å². The van der Waals surface area contributed by atoms with Gasteiger partial charge >= 0.3 is 12.0 Å². The van der Waals surface area contributed by atoms with Crippen molar-refractivity contribution < 1.29 is 24.2 Å². The molecule has 2 aliphatic heterocycles. The van der Waals surface area contributed by atoms with E-state index in [0.29, 0.717) is 45.4 Å². The maximum Gasteiger partial charge on any atom is 0.318 e. The maximum absolute atomic E-state index is 12.6. The Bertz CT molecular complexity index is 698. The summed E-state index contributed by atoms with van der Waals surface area (Å²) in [7, 11) is 1.61. The fraction of sp³-hybridized carbons (Fsp3) is 0.526. The van der Waals surface area contributed by atoms with Crippen LogP contribution in [0, 0.1) is 5.92 Å². The Kier molecular flexibility index (Phi) is 5.83. The molecule has 0 aliphatic carbocycles. The first kappa shape index (κ1) is 19.0. The number of carboxylic acids is 1. The topological polar surface area (TPSA) is 99.2 Å². The second-order valence-corrected chi connectivity index (χ2v) is 7.00. The van der Waals surface area contributed by atoms with Crippen molar-refractivity contribution in [2.45, 2.75) is 31.8 Å². The fourth-order valence-corrected chi connectivity index (χ4v) is 3.55. The van der Waals surface area contributed by atoms with Gasteiger partial charge in [-0.1, -0.05) is 12.1 Å². The molecule has 2 saturated heterocycles. The van der Waals surface area contributed by atoms with Crippen LogP contribution >= 0.6 is 0 Å². The summed E-state index contributed by atoms with van der Waals surface area (Å²) in [5.74, 6) is -0.514. The number of carbonyl (C=O) groups is 3. The number of piperidine rings is 1. The Morgan fingerprint density at radius 1 is 1.15 bits per heavy atom. The smallest absolute Gasteiger partial charge is 0.318 e. The summed E-state index contributed by atoms with van der Waals surface area (Å²) in [6.45, 7) is 1.90. The first-order valence-electron chi connectivity index (χ1n) is 9.18. The van der Waals surface area contributed by atoms with Crippen molar-refractivity contribution in [1.82, 2.24) is 15.1 Å². The number of methoxy groups -OCH3 is 1. The van der Waals surface area contributed by atoms with Crippen LogP contribution in [-0.2, 0) is 16.1 Å². The van der Waals surface area contributed by atoms with Crippen LogP contribution in [-0.4, -0.2) is 65.6 Å². The molecule has 2 fully saturated rings. The molecule has 8 heteroatoms. The van der Waals surface area contributed by atoms with Crippen molar-refractivity contribution in [3.8, 4) is 5.75 Å². The van der Waals surface area contributed by atoms with Gasteiger partial charge in [-0.2, -0.15) is 0 Å². The van der Waals surface area contributed by atoms with E-state index < -0.39 is 12.0 Å². The van der Waals surface area contributed by atoms with Crippen molar-refractivity contribution in [2.24, 2.45) is 5.92 Å². The average molecular weight is 375 g/mol. The van der Waals surface area contributed by atoms with Gasteiger partial charge in [-0.15, -0.1) is 0 Å². The first-order valence-corrected chi connectivity index (χ1v) is 9.18. The second-order valence-electron chi connectivity index (χ2n) is 7.00. The molecule has 1 aromatic carbocycles. The Labute approximate surface area is 158 Å². The first-order chi connectivity index (χ1) is 13.0. The number of ether oxygens (including phenoxy) is 1. The lowest BCUT2D eigenvalue weighted by molar-refractivity contribution is -0.143. The number of carbonyl (C=O) groups excluding carboxylic acids is 2. The molecule has 0 saturated carbocycles. The molecule has 8 nitrogen and oxygen atoms in total. The van der Waals surface area contributed by atoms with Crippen molar-refractivity contribution in [1.29, 1.82) is 0 Å². The molecule has 2 heterocycles. The predicted molar refractivity (Wildman–Crippen MR) is 97.3 cm³/mol. The molecule has 2 aliphatic rings. The minimum Gasteiger partial charge on any atom is -0.497 e. The third-order valence-electron chi connectivity index (χ3n) is 5.26. The molecule has 2 N–H and O–H groups in total. The van der Waals surface area contributed by atoms with Crippen LogP contribution in [0.2, 0.25) is 0 Å². The van der Waals surface area contributed by atoms with E-state index in [2.05, 4.69) is 5.32 Å². The zero-order chi connectivity index (χ0) is 19.4. The zero-order valence-electron chi connectivity index (χ0n) is 15.4. The predicted octanol–water partition coefficient (Wildman–Crippen LogP) is 1.30. The molecule has 0 bridgehead atoms. The van der Waals surface area contributed by atoms with E-state index >= 15 is 0 Å². The van der Waals surface area contributed by atoms with Crippen LogP contribution in [0.15, 0.2) is 24.3 Å². The van der Waals surface area contributed by atoms with Crippen molar-refractivity contribution in [3.63, 3.8) is 0 Å². The van der Waals surface area contributed by atoms with Crippen LogP contribution < -0.4 is 10.1 Å². The van der Waals surface area contributed by atoms with Crippen LogP contribution in [0.3, 0.4) is 0 Å². The van der Waals surface area contributed by atoms with Crippen molar-refractivity contribution >= 4 is 17.9 Å². The van der Waals surface area contributed by atoms with Gasteiger partial charge < -0.3 is 25.0 Å². The number of benzene rings is 1. The molecular weight excluding hydrogens is 350 g/mol. The molecule has 0 spiro atoms. The summed E-state index contributed by atoms with van der Waals surface area (Å²) in [5.41, 5.74) is 1.01. The minimum atomic E-state index is -0.810. The van der Waals surface area contributed by atoms with E-state index in [-0.39, 0.29) is 17.9 Å². The van der Waals surface area contributed by atoms with Gasteiger partial charge in [0.15, 0.2) is 0 Å².